The van der Waals surface area contributed by atoms with Crippen LogP contribution in [0.1, 0.15) is 58.1 Å². The maximum absolute atomic E-state index is 13.9. The van der Waals surface area contributed by atoms with Crippen molar-refractivity contribution in [2.45, 2.75) is 58.7 Å². The standard InChI is InChI=1S/C27H29F3N2O3/c1-4-5-13-35-18-10-8-9-17(14-18)24-23-20(15-26(2,3)16-22(23)33)31-19-11-6-7-12-21(19)32(24)25(34)27(28,29)30/h6-12,14,24,31H,4-5,13,15-16H2,1-3H3/t24-/m1/s1. The summed E-state index contributed by atoms with van der Waals surface area (Å²) in [6.45, 7) is 6.38. The van der Waals surface area contributed by atoms with Gasteiger partial charge in [-0.2, -0.15) is 13.2 Å². The monoisotopic (exact) mass is 486 g/mol. The van der Waals surface area contributed by atoms with Gasteiger partial charge in [-0.25, -0.2) is 0 Å². The Bertz CT molecular complexity index is 1170. The second-order valence-corrected chi connectivity index (χ2v) is 9.83. The molecule has 35 heavy (non-hydrogen) atoms. The van der Waals surface area contributed by atoms with Crippen molar-refractivity contribution in [3.8, 4) is 5.75 Å². The molecule has 0 saturated heterocycles. The first kappa shape index (κ1) is 24.8. The number of carbonyl (C=O) groups excluding carboxylic acids is 2. The first-order valence-electron chi connectivity index (χ1n) is 11.8. The highest BCUT2D eigenvalue weighted by Gasteiger charge is 2.50. The molecule has 0 fully saturated rings. The first-order valence-corrected chi connectivity index (χ1v) is 11.8. The van der Waals surface area contributed by atoms with E-state index in [4.69, 9.17) is 4.74 Å². The molecule has 1 aliphatic heterocycles. The number of carbonyl (C=O) groups is 2. The number of hydrogen-bond donors (Lipinski definition) is 1. The van der Waals surface area contributed by atoms with E-state index in [1.54, 1.807) is 42.5 Å². The number of Topliss-reactive ketones (excluding diaryl/α,β-unsaturated/α-hetero) is 1. The number of alkyl halides is 3. The van der Waals surface area contributed by atoms with Crippen molar-refractivity contribution in [2.24, 2.45) is 5.41 Å². The molecule has 1 amide bonds. The molecule has 0 unspecified atom stereocenters. The molecule has 2 aliphatic rings. The van der Waals surface area contributed by atoms with Crippen molar-refractivity contribution >= 4 is 23.1 Å². The third kappa shape index (κ3) is 5.06. The fourth-order valence-corrected chi connectivity index (χ4v) is 4.77. The van der Waals surface area contributed by atoms with E-state index in [-0.39, 0.29) is 28.9 Å². The highest BCUT2D eigenvalue weighted by atomic mass is 19.4. The molecule has 4 rings (SSSR count). The van der Waals surface area contributed by atoms with E-state index >= 15 is 0 Å². The molecule has 5 nitrogen and oxygen atoms in total. The zero-order valence-electron chi connectivity index (χ0n) is 20.0. The SMILES string of the molecule is CCCCOc1cccc([C@@H]2C3=C(CC(C)(C)CC3=O)Nc3ccccc3N2C(=O)C(F)(F)F)c1. The smallest absolute Gasteiger partial charge is 0.471 e. The van der Waals surface area contributed by atoms with Gasteiger partial charge in [0.15, 0.2) is 5.78 Å². The molecular weight excluding hydrogens is 457 g/mol. The largest absolute Gasteiger partial charge is 0.494 e. The Balaban J connectivity index is 1.95. The number of allylic oxidation sites excluding steroid dienone is 1. The second-order valence-electron chi connectivity index (χ2n) is 9.83. The van der Waals surface area contributed by atoms with Crippen molar-refractivity contribution < 1.29 is 27.5 Å². The van der Waals surface area contributed by atoms with Gasteiger partial charge in [-0.3, -0.25) is 14.5 Å². The maximum Gasteiger partial charge on any atom is 0.471 e. The molecule has 0 spiro atoms. The molecule has 0 aromatic heterocycles. The zero-order chi connectivity index (χ0) is 25.4. The van der Waals surface area contributed by atoms with Crippen molar-refractivity contribution in [1.29, 1.82) is 0 Å². The Kier molecular flexibility index (Phi) is 6.66. The maximum atomic E-state index is 13.9. The quantitative estimate of drug-likeness (QED) is 0.486. The summed E-state index contributed by atoms with van der Waals surface area (Å²) in [7, 11) is 0. The van der Waals surface area contributed by atoms with Gasteiger partial charge < -0.3 is 10.1 Å². The van der Waals surface area contributed by atoms with Crippen molar-refractivity contribution in [3.63, 3.8) is 0 Å². The number of benzene rings is 2. The fourth-order valence-electron chi connectivity index (χ4n) is 4.77. The lowest BCUT2D eigenvalue weighted by Gasteiger charge is -2.37. The summed E-state index contributed by atoms with van der Waals surface area (Å²) >= 11 is 0. The Labute approximate surface area is 203 Å². The Morgan fingerprint density at radius 2 is 1.89 bits per heavy atom. The topological polar surface area (TPSA) is 58.6 Å². The van der Waals surface area contributed by atoms with Crippen LogP contribution in [0, 0.1) is 5.41 Å². The van der Waals surface area contributed by atoms with E-state index in [1.807, 2.05) is 20.8 Å². The van der Waals surface area contributed by atoms with Crippen LogP contribution < -0.4 is 15.0 Å². The van der Waals surface area contributed by atoms with Gasteiger partial charge in [0.05, 0.1) is 24.0 Å². The van der Waals surface area contributed by atoms with Gasteiger partial charge >= 0.3 is 12.1 Å². The van der Waals surface area contributed by atoms with Gasteiger partial charge in [-0.05, 0) is 48.1 Å². The number of nitrogens with zero attached hydrogens (tertiary/aromatic N) is 1. The number of nitrogens with one attached hydrogen (secondary N) is 1. The number of unbranched alkanes of at least 4 members (excludes halogenated alkanes) is 1. The predicted molar refractivity (Wildman–Crippen MR) is 128 cm³/mol. The third-order valence-electron chi connectivity index (χ3n) is 6.30. The fraction of sp³-hybridized carbons (Fsp3) is 0.407. The van der Waals surface area contributed by atoms with Crippen molar-refractivity contribution in [2.75, 3.05) is 16.8 Å². The molecule has 1 N–H and O–H groups in total. The van der Waals surface area contributed by atoms with Crippen LogP contribution in [0.3, 0.4) is 0 Å². The molecule has 2 aromatic carbocycles. The van der Waals surface area contributed by atoms with E-state index in [0.29, 0.717) is 40.6 Å². The summed E-state index contributed by atoms with van der Waals surface area (Å²) in [5.41, 5.74) is 1.15. The molecule has 1 heterocycles. The minimum Gasteiger partial charge on any atom is -0.494 e. The number of fused-ring (bicyclic) bond motifs is 1. The predicted octanol–water partition coefficient (Wildman–Crippen LogP) is 6.57. The van der Waals surface area contributed by atoms with Crippen LogP contribution in [0.2, 0.25) is 0 Å². The lowest BCUT2D eigenvalue weighted by molar-refractivity contribution is -0.170. The van der Waals surface area contributed by atoms with Crippen LogP contribution in [-0.4, -0.2) is 24.5 Å². The normalized spacial score (nSPS) is 19.4. The van der Waals surface area contributed by atoms with Crippen molar-refractivity contribution in [3.05, 3.63) is 65.4 Å². The number of para-hydroxylation sites is 2. The number of ether oxygens (including phenoxy) is 1. The highest BCUT2D eigenvalue weighted by molar-refractivity contribution is 6.07. The first-order chi connectivity index (χ1) is 16.5. The molecule has 1 atom stereocenters. The van der Waals surface area contributed by atoms with E-state index in [2.05, 4.69) is 5.32 Å². The molecule has 186 valence electrons. The van der Waals surface area contributed by atoms with Gasteiger partial charge in [0.1, 0.15) is 5.75 Å². The van der Waals surface area contributed by atoms with Crippen LogP contribution >= 0.6 is 0 Å². The average molecular weight is 487 g/mol. The van der Waals surface area contributed by atoms with Crippen molar-refractivity contribution in [1.82, 2.24) is 0 Å². The van der Waals surface area contributed by atoms with Gasteiger partial charge in [0.25, 0.3) is 0 Å². The summed E-state index contributed by atoms with van der Waals surface area (Å²) in [6, 6.07) is 11.8. The highest BCUT2D eigenvalue weighted by Crippen LogP contribution is 2.49. The number of amides is 1. The second kappa shape index (κ2) is 9.40. The van der Waals surface area contributed by atoms with Crippen LogP contribution in [-0.2, 0) is 9.59 Å². The Hall–Kier alpha value is -3.29. The summed E-state index contributed by atoms with van der Waals surface area (Å²) in [5.74, 6) is -1.83. The van der Waals surface area contributed by atoms with Crippen LogP contribution in [0.4, 0.5) is 24.5 Å². The minimum absolute atomic E-state index is 0.0668. The van der Waals surface area contributed by atoms with Gasteiger partial charge in [0.2, 0.25) is 0 Å². The molecule has 1 aliphatic carbocycles. The molecule has 2 aromatic rings. The summed E-state index contributed by atoms with van der Waals surface area (Å²) in [5, 5.41) is 3.21. The minimum atomic E-state index is -5.14. The third-order valence-corrected chi connectivity index (χ3v) is 6.30. The summed E-state index contributed by atoms with van der Waals surface area (Å²) in [4.78, 5) is 27.1. The molecule has 0 radical (unpaired) electrons. The number of rotatable bonds is 5. The molecule has 8 heteroatoms. The lowest BCUT2D eigenvalue weighted by Crippen LogP contribution is -2.45. The Morgan fingerprint density at radius 1 is 1.14 bits per heavy atom. The van der Waals surface area contributed by atoms with Crippen LogP contribution in [0.15, 0.2) is 59.8 Å². The van der Waals surface area contributed by atoms with E-state index in [1.165, 1.54) is 6.07 Å². The number of hydrogen-bond acceptors (Lipinski definition) is 4. The number of anilines is 2. The van der Waals surface area contributed by atoms with Gasteiger partial charge in [-0.1, -0.05) is 51.5 Å². The van der Waals surface area contributed by atoms with Crippen LogP contribution in [0.25, 0.3) is 0 Å². The summed E-state index contributed by atoms with van der Waals surface area (Å²) < 4.78 is 47.6. The van der Waals surface area contributed by atoms with E-state index in [9.17, 15) is 22.8 Å². The molecular formula is C27H29F3N2O3. The zero-order valence-corrected chi connectivity index (χ0v) is 20.0. The number of halogens is 3. The van der Waals surface area contributed by atoms with Crippen LogP contribution in [0.5, 0.6) is 5.75 Å². The van der Waals surface area contributed by atoms with Gasteiger partial charge in [0, 0.05) is 17.7 Å². The molecule has 0 saturated carbocycles. The average Bonchev–Trinajstić information content (AvgIpc) is 2.91. The van der Waals surface area contributed by atoms with E-state index in [0.717, 1.165) is 12.8 Å². The lowest BCUT2D eigenvalue weighted by atomic mass is 9.73. The molecule has 0 bridgehead atoms. The van der Waals surface area contributed by atoms with E-state index < -0.39 is 18.1 Å². The summed E-state index contributed by atoms with van der Waals surface area (Å²) in [6.07, 6.45) is -2.75. The van der Waals surface area contributed by atoms with Gasteiger partial charge in [-0.15, -0.1) is 0 Å². The number of ketones is 1. The Morgan fingerprint density at radius 3 is 2.60 bits per heavy atom.